The van der Waals surface area contributed by atoms with E-state index < -0.39 is 17.7 Å². The van der Waals surface area contributed by atoms with Crippen LogP contribution in [0.25, 0.3) is 5.76 Å². The number of carbonyl (C=O) groups excluding carboxylic acids is 2. The lowest BCUT2D eigenvalue weighted by Gasteiger charge is -2.23. The highest BCUT2D eigenvalue weighted by Gasteiger charge is 2.48. The molecule has 0 radical (unpaired) electrons. The molecular formula is C31H27N3O6S. The summed E-state index contributed by atoms with van der Waals surface area (Å²) in [6.07, 6.45) is 0.698. The number of fused-ring (bicyclic) bond motifs is 1. The van der Waals surface area contributed by atoms with E-state index in [0.29, 0.717) is 40.7 Å². The summed E-state index contributed by atoms with van der Waals surface area (Å²) in [4.78, 5) is 28.3. The van der Waals surface area contributed by atoms with Gasteiger partial charge in [-0.25, -0.2) is 0 Å². The Morgan fingerprint density at radius 3 is 2.61 bits per heavy atom. The first-order valence-electron chi connectivity index (χ1n) is 13.1. The largest absolute Gasteiger partial charge is 0.507 e. The summed E-state index contributed by atoms with van der Waals surface area (Å²) >= 11 is 1.19. The minimum Gasteiger partial charge on any atom is -0.507 e. The van der Waals surface area contributed by atoms with Gasteiger partial charge in [0.25, 0.3) is 5.78 Å². The number of methoxy groups -OCH3 is 1. The number of hydrogen-bond acceptors (Lipinski definition) is 9. The predicted molar refractivity (Wildman–Crippen MR) is 153 cm³/mol. The monoisotopic (exact) mass is 569 g/mol. The molecule has 3 aromatic carbocycles. The van der Waals surface area contributed by atoms with Crippen LogP contribution >= 0.6 is 11.3 Å². The normalized spacial score (nSPS) is 19.2. The Kier molecular flexibility index (Phi) is 6.92. The van der Waals surface area contributed by atoms with Crippen molar-refractivity contribution in [1.29, 1.82) is 0 Å². The Morgan fingerprint density at radius 2 is 1.88 bits per heavy atom. The number of ether oxygens (including phenoxy) is 3. The highest BCUT2D eigenvalue weighted by molar-refractivity contribution is 7.15. The Labute approximate surface area is 240 Å². The second-order valence-corrected chi connectivity index (χ2v) is 11.1. The van der Waals surface area contributed by atoms with E-state index in [1.807, 2.05) is 37.3 Å². The van der Waals surface area contributed by atoms with Crippen LogP contribution in [0, 0.1) is 6.92 Å². The van der Waals surface area contributed by atoms with Gasteiger partial charge in [0.15, 0.2) is 11.5 Å². The lowest BCUT2D eigenvalue weighted by molar-refractivity contribution is -0.132. The summed E-state index contributed by atoms with van der Waals surface area (Å²) in [5.41, 5.74) is 2.84. The maximum Gasteiger partial charge on any atom is 0.301 e. The van der Waals surface area contributed by atoms with Crippen molar-refractivity contribution in [3.8, 4) is 17.2 Å². The second kappa shape index (κ2) is 10.7. The van der Waals surface area contributed by atoms with Gasteiger partial charge in [0.1, 0.15) is 29.2 Å². The number of amides is 1. The standard InChI is InChI=1S/C31H27N3O6S/c1-17-13-22-14-21(10-11-23(22)40-17)28(35)26-27(34(30(37)29(26)36)31-33-32-18(2)41-31)20-9-12-24(25(15-20)38-3)39-16-19-7-5-4-6-8-19/h4-12,14-15,17,27,35H,13,16H2,1-3H3/t17-,27-/m0/s1. The van der Waals surface area contributed by atoms with Crippen molar-refractivity contribution >= 4 is 33.9 Å². The average Bonchev–Trinajstić information content (AvgIpc) is 3.65. The van der Waals surface area contributed by atoms with E-state index >= 15 is 0 Å². The topological polar surface area (TPSA) is 111 Å². The number of aliphatic hydroxyl groups is 1. The number of anilines is 1. The summed E-state index contributed by atoms with van der Waals surface area (Å²) in [6.45, 7) is 4.07. The molecular weight excluding hydrogens is 542 g/mol. The van der Waals surface area contributed by atoms with E-state index in [-0.39, 0.29) is 22.6 Å². The number of aliphatic hydroxyl groups excluding tert-OH is 1. The van der Waals surface area contributed by atoms with Crippen molar-refractivity contribution in [3.63, 3.8) is 0 Å². The van der Waals surface area contributed by atoms with E-state index in [0.717, 1.165) is 16.9 Å². The number of hydrogen-bond donors (Lipinski definition) is 1. The molecule has 0 saturated carbocycles. The van der Waals surface area contributed by atoms with Gasteiger partial charge >= 0.3 is 5.91 Å². The molecule has 1 fully saturated rings. The Bertz CT molecular complexity index is 1680. The van der Waals surface area contributed by atoms with Crippen molar-refractivity contribution in [2.24, 2.45) is 0 Å². The molecule has 9 nitrogen and oxygen atoms in total. The van der Waals surface area contributed by atoms with Crippen LogP contribution in [0.4, 0.5) is 5.13 Å². The van der Waals surface area contributed by atoms with Crippen LogP contribution in [-0.4, -0.2) is 40.2 Å². The molecule has 1 aromatic heterocycles. The van der Waals surface area contributed by atoms with E-state index in [1.54, 1.807) is 43.3 Å². The van der Waals surface area contributed by atoms with E-state index in [1.165, 1.54) is 23.3 Å². The summed E-state index contributed by atoms with van der Waals surface area (Å²) in [5, 5.41) is 20.6. The van der Waals surface area contributed by atoms with Gasteiger partial charge in [-0.3, -0.25) is 14.5 Å². The second-order valence-electron chi connectivity index (χ2n) is 9.91. The maximum absolute atomic E-state index is 13.5. The van der Waals surface area contributed by atoms with Gasteiger partial charge in [0.2, 0.25) is 5.13 Å². The van der Waals surface area contributed by atoms with Crippen LogP contribution in [-0.2, 0) is 22.6 Å². The zero-order valence-corrected chi connectivity index (χ0v) is 23.5. The maximum atomic E-state index is 13.5. The highest BCUT2D eigenvalue weighted by atomic mass is 32.1. The Hall–Kier alpha value is -4.70. The lowest BCUT2D eigenvalue weighted by atomic mass is 9.94. The molecule has 208 valence electrons. The van der Waals surface area contributed by atoms with Gasteiger partial charge in [-0.05, 0) is 60.9 Å². The molecule has 2 atom stereocenters. The number of carbonyl (C=O) groups is 2. The van der Waals surface area contributed by atoms with E-state index in [4.69, 9.17) is 14.2 Å². The number of Topliss-reactive ketones (excluding diaryl/α,β-unsaturated/α-hetero) is 1. The van der Waals surface area contributed by atoms with Crippen LogP contribution in [0.3, 0.4) is 0 Å². The van der Waals surface area contributed by atoms with Gasteiger partial charge in [-0.2, -0.15) is 0 Å². The number of ketones is 1. The lowest BCUT2D eigenvalue weighted by Crippen LogP contribution is -2.29. The predicted octanol–water partition coefficient (Wildman–Crippen LogP) is 5.38. The third-order valence-corrected chi connectivity index (χ3v) is 7.91. The fraction of sp³-hybridized carbons (Fsp3) is 0.226. The molecule has 2 aliphatic rings. The quantitative estimate of drug-likeness (QED) is 0.179. The summed E-state index contributed by atoms with van der Waals surface area (Å²) < 4.78 is 17.5. The van der Waals surface area contributed by atoms with Crippen LogP contribution in [0.15, 0.2) is 72.3 Å². The molecule has 2 aliphatic heterocycles. The number of aromatic nitrogens is 2. The van der Waals surface area contributed by atoms with E-state index in [9.17, 15) is 14.7 Å². The highest BCUT2D eigenvalue weighted by Crippen LogP contribution is 2.45. The Balaban J connectivity index is 1.44. The van der Waals surface area contributed by atoms with Gasteiger partial charge in [-0.1, -0.05) is 47.7 Å². The molecule has 0 spiro atoms. The smallest absolute Gasteiger partial charge is 0.301 e. The number of rotatable bonds is 7. The molecule has 10 heteroatoms. The SMILES string of the molecule is COc1cc([C@H]2C(=C(O)c3ccc4c(c3)C[C@H](C)O4)C(=O)C(=O)N2c2nnc(C)s2)ccc1OCc1ccccc1. The first kappa shape index (κ1) is 26.5. The fourth-order valence-electron chi connectivity index (χ4n) is 5.16. The third kappa shape index (κ3) is 4.91. The van der Waals surface area contributed by atoms with Crippen molar-refractivity contribution in [2.75, 3.05) is 12.0 Å². The van der Waals surface area contributed by atoms with E-state index in [2.05, 4.69) is 10.2 Å². The first-order valence-corrected chi connectivity index (χ1v) is 13.9. The molecule has 4 aromatic rings. The van der Waals surface area contributed by atoms with Crippen molar-refractivity contribution in [2.45, 2.75) is 39.0 Å². The van der Waals surface area contributed by atoms with Crippen molar-refractivity contribution in [3.05, 3.63) is 99.6 Å². The van der Waals surface area contributed by atoms with Gasteiger partial charge in [0.05, 0.1) is 18.7 Å². The third-order valence-electron chi connectivity index (χ3n) is 7.08. The van der Waals surface area contributed by atoms with Gasteiger partial charge < -0.3 is 19.3 Å². The van der Waals surface area contributed by atoms with Crippen molar-refractivity contribution < 1.29 is 28.9 Å². The van der Waals surface area contributed by atoms with Crippen LogP contribution in [0.5, 0.6) is 17.2 Å². The van der Waals surface area contributed by atoms with Crippen LogP contribution in [0.1, 0.15) is 40.2 Å². The van der Waals surface area contributed by atoms with Gasteiger partial charge in [-0.15, -0.1) is 10.2 Å². The molecule has 1 saturated heterocycles. The number of aryl methyl sites for hydroxylation is 1. The van der Waals surface area contributed by atoms with Gasteiger partial charge in [0, 0.05) is 12.0 Å². The van der Waals surface area contributed by atoms with Crippen LogP contribution in [0.2, 0.25) is 0 Å². The molecule has 0 bridgehead atoms. The zero-order valence-electron chi connectivity index (χ0n) is 22.7. The first-order chi connectivity index (χ1) is 19.8. The molecule has 0 unspecified atom stereocenters. The van der Waals surface area contributed by atoms with Crippen molar-refractivity contribution in [1.82, 2.24) is 10.2 Å². The molecule has 1 N–H and O–H groups in total. The molecule has 3 heterocycles. The minimum atomic E-state index is -0.970. The fourth-order valence-corrected chi connectivity index (χ4v) is 5.88. The average molecular weight is 570 g/mol. The molecule has 1 amide bonds. The summed E-state index contributed by atoms with van der Waals surface area (Å²) in [6, 6.07) is 19.2. The molecule has 41 heavy (non-hydrogen) atoms. The Morgan fingerprint density at radius 1 is 1.07 bits per heavy atom. The summed E-state index contributed by atoms with van der Waals surface area (Å²) in [7, 11) is 1.52. The van der Waals surface area contributed by atoms with Crippen LogP contribution < -0.4 is 19.1 Å². The summed E-state index contributed by atoms with van der Waals surface area (Å²) in [5.74, 6) is -0.227. The zero-order chi connectivity index (χ0) is 28.7. The molecule has 0 aliphatic carbocycles. The number of benzene rings is 3. The minimum absolute atomic E-state index is 0.0173. The number of nitrogens with zero attached hydrogens (tertiary/aromatic N) is 3. The molecule has 6 rings (SSSR count).